The lowest BCUT2D eigenvalue weighted by Gasteiger charge is -2.26. The Morgan fingerprint density at radius 3 is 2.17 bits per heavy atom. The molecule has 40 heavy (non-hydrogen) atoms. The average Bonchev–Trinajstić information content (AvgIpc) is 2.98. The van der Waals surface area contributed by atoms with Crippen molar-refractivity contribution < 1.29 is 27.4 Å². The van der Waals surface area contributed by atoms with Gasteiger partial charge in [0.2, 0.25) is 0 Å². The fraction of sp³-hybridized carbons (Fsp3) is 0.364. The Hall–Kier alpha value is -3.42. The Morgan fingerprint density at radius 1 is 0.925 bits per heavy atom. The summed E-state index contributed by atoms with van der Waals surface area (Å²) in [6.45, 7) is 2.84. The summed E-state index contributed by atoms with van der Waals surface area (Å²) >= 11 is 0. The monoisotopic (exact) mass is 551 g/mol. The molecule has 1 unspecified atom stereocenters. The third-order valence-electron chi connectivity index (χ3n) is 7.03. The van der Waals surface area contributed by atoms with E-state index < -0.39 is 12.1 Å². The number of halogens is 3. The molecule has 1 heterocycles. The van der Waals surface area contributed by atoms with Crippen molar-refractivity contribution in [2.75, 3.05) is 24.7 Å². The Labute approximate surface area is 234 Å². The van der Waals surface area contributed by atoms with E-state index in [-0.39, 0.29) is 31.5 Å². The third kappa shape index (κ3) is 8.05. The first-order valence-electron chi connectivity index (χ1n) is 13.9. The molecule has 4 rings (SSSR count). The van der Waals surface area contributed by atoms with Gasteiger partial charge in [0, 0.05) is 18.8 Å². The maximum absolute atomic E-state index is 13.5. The summed E-state index contributed by atoms with van der Waals surface area (Å²) in [5.74, 6) is -1.88. The first-order valence-corrected chi connectivity index (χ1v) is 13.9. The number of rotatable bonds is 11. The Kier molecular flexibility index (Phi) is 10.6. The average molecular weight is 552 g/mol. The molecule has 1 aliphatic rings. The minimum atomic E-state index is -4.98. The molecule has 0 saturated carbocycles. The molecule has 0 aromatic heterocycles. The molecule has 0 spiro atoms. The number of anilines is 1. The minimum absolute atomic E-state index is 0.111. The number of alkyl halides is 3. The number of allylic oxidation sites excluding steroid dienone is 1. The fourth-order valence-corrected chi connectivity index (χ4v) is 5.00. The Bertz CT molecular complexity index is 1240. The second-order valence-electron chi connectivity index (χ2n) is 9.88. The van der Waals surface area contributed by atoms with Gasteiger partial charge in [-0.3, -0.25) is 4.79 Å². The first kappa shape index (κ1) is 29.6. The van der Waals surface area contributed by atoms with Crippen LogP contribution in [0.15, 0.2) is 90.5 Å². The molecule has 212 valence electrons. The zero-order chi connectivity index (χ0) is 28.4. The van der Waals surface area contributed by atoms with Crippen LogP contribution in [0.3, 0.4) is 0 Å². The largest absolute Gasteiger partial charge is 0.471 e. The van der Waals surface area contributed by atoms with Crippen molar-refractivity contribution in [1.29, 1.82) is 0 Å². The predicted molar refractivity (Wildman–Crippen MR) is 152 cm³/mol. The molecular weight excluding hydrogens is 515 g/mol. The molecule has 7 heteroatoms. The van der Waals surface area contributed by atoms with Crippen molar-refractivity contribution in [3.63, 3.8) is 0 Å². The van der Waals surface area contributed by atoms with Gasteiger partial charge in [0.1, 0.15) is 0 Å². The van der Waals surface area contributed by atoms with Crippen LogP contribution in [0.5, 0.6) is 0 Å². The van der Waals surface area contributed by atoms with E-state index in [0.29, 0.717) is 6.61 Å². The van der Waals surface area contributed by atoms with Gasteiger partial charge < -0.3 is 14.4 Å². The number of hydrogen-bond acceptors (Lipinski definition) is 3. The van der Waals surface area contributed by atoms with E-state index in [4.69, 9.17) is 9.47 Å². The topological polar surface area (TPSA) is 38.8 Å². The van der Waals surface area contributed by atoms with Gasteiger partial charge in [0.05, 0.1) is 6.61 Å². The predicted octanol–water partition coefficient (Wildman–Crippen LogP) is 7.97. The quantitative estimate of drug-likeness (QED) is 0.227. The molecular formula is C33H36F3NO3. The molecule has 0 aliphatic carbocycles. The van der Waals surface area contributed by atoms with E-state index in [1.54, 1.807) is 24.3 Å². The van der Waals surface area contributed by atoms with Crippen molar-refractivity contribution >= 4 is 17.2 Å². The summed E-state index contributed by atoms with van der Waals surface area (Å²) in [6, 6.07) is 27.0. The zero-order valence-electron chi connectivity index (χ0n) is 22.8. The van der Waals surface area contributed by atoms with Crippen LogP contribution < -0.4 is 4.90 Å². The maximum atomic E-state index is 13.5. The Morgan fingerprint density at radius 2 is 1.57 bits per heavy atom. The number of ether oxygens (including phenoxy) is 2. The maximum Gasteiger partial charge on any atom is 0.471 e. The molecule has 0 bridgehead atoms. The zero-order valence-corrected chi connectivity index (χ0v) is 22.8. The van der Waals surface area contributed by atoms with Crippen LogP contribution in [0.2, 0.25) is 0 Å². The summed E-state index contributed by atoms with van der Waals surface area (Å²) in [4.78, 5) is 13.2. The molecule has 4 nitrogen and oxygen atoms in total. The minimum Gasteiger partial charge on any atom is -0.353 e. The van der Waals surface area contributed by atoms with Crippen LogP contribution in [-0.4, -0.2) is 38.1 Å². The lowest BCUT2D eigenvalue weighted by Crippen LogP contribution is -2.42. The number of carbonyl (C=O) groups excluding carboxylic acids is 1. The molecule has 1 atom stereocenters. The molecule has 0 N–H and O–H groups in total. The van der Waals surface area contributed by atoms with Gasteiger partial charge in [0.25, 0.3) is 0 Å². The summed E-state index contributed by atoms with van der Waals surface area (Å²) in [7, 11) is 0. The van der Waals surface area contributed by atoms with Crippen LogP contribution in [0.4, 0.5) is 18.9 Å². The number of nitrogens with zero attached hydrogens (tertiary/aromatic N) is 1. The molecule has 1 saturated heterocycles. The van der Waals surface area contributed by atoms with Crippen molar-refractivity contribution in [3.8, 4) is 0 Å². The standard InChI is InChI=1S/C33H36F3NO3/c1-2-26(24-25-12-5-3-6-13-25)31(27-14-7-4-8-15-27)28-17-19-29(20-18-28)37(32(38)33(34,35)36)21-11-23-40-30-16-9-10-22-39-30/h3-8,12-15,17-20,30H,2,9-11,16,21-24H2,1H3/b31-26-. The second kappa shape index (κ2) is 14.3. The molecule has 1 amide bonds. The van der Waals surface area contributed by atoms with E-state index in [1.165, 1.54) is 11.1 Å². The number of amides is 1. The number of hydrogen-bond donors (Lipinski definition) is 0. The third-order valence-corrected chi connectivity index (χ3v) is 7.03. The van der Waals surface area contributed by atoms with Crippen molar-refractivity contribution in [3.05, 3.63) is 107 Å². The van der Waals surface area contributed by atoms with Gasteiger partial charge >= 0.3 is 12.1 Å². The van der Waals surface area contributed by atoms with Crippen LogP contribution in [0.1, 0.15) is 55.7 Å². The van der Waals surface area contributed by atoms with Crippen LogP contribution in [0.25, 0.3) is 5.57 Å². The molecule has 1 fully saturated rings. The van der Waals surface area contributed by atoms with E-state index in [9.17, 15) is 18.0 Å². The molecule has 0 radical (unpaired) electrons. The Balaban J connectivity index is 1.59. The highest BCUT2D eigenvalue weighted by Gasteiger charge is 2.43. The van der Waals surface area contributed by atoms with Crippen molar-refractivity contribution in [2.45, 2.75) is 57.9 Å². The van der Waals surface area contributed by atoms with Crippen molar-refractivity contribution in [2.24, 2.45) is 0 Å². The number of benzene rings is 3. The van der Waals surface area contributed by atoms with Crippen LogP contribution in [0, 0.1) is 0 Å². The van der Waals surface area contributed by atoms with Gasteiger partial charge in [-0.05, 0) is 72.9 Å². The SMILES string of the molecule is CC/C(Cc1ccccc1)=C(\c1ccccc1)c1ccc(N(CCCOC2CCCCO2)C(=O)C(F)(F)F)cc1. The molecule has 3 aromatic rings. The van der Waals surface area contributed by atoms with Crippen LogP contribution >= 0.6 is 0 Å². The molecule has 3 aromatic carbocycles. The van der Waals surface area contributed by atoms with Gasteiger partial charge in [-0.25, -0.2) is 0 Å². The normalized spacial score (nSPS) is 16.4. The van der Waals surface area contributed by atoms with E-state index in [2.05, 4.69) is 19.1 Å². The summed E-state index contributed by atoms with van der Waals surface area (Å²) in [6.07, 6.45) is -0.726. The highest BCUT2D eigenvalue weighted by molar-refractivity contribution is 5.97. The summed E-state index contributed by atoms with van der Waals surface area (Å²) in [5, 5.41) is 0. The smallest absolute Gasteiger partial charge is 0.353 e. The second-order valence-corrected chi connectivity index (χ2v) is 9.88. The van der Waals surface area contributed by atoms with Gasteiger partial charge in [0.15, 0.2) is 6.29 Å². The van der Waals surface area contributed by atoms with E-state index >= 15 is 0 Å². The van der Waals surface area contributed by atoms with Gasteiger partial charge in [-0.15, -0.1) is 0 Å². The highest BCUT2D eigenvalue weighted by Crippen LogP contribution is 2.32. The van der Waals surface area contributed by atoms with E-state index in [1.807, 2.05) is 48.5 Å². The first-order chi connectivity index (χ1) is 19.4. The van der Waals surface area contributed by atoms with E-state index in [0.717, 1.165) is 53.7 Å². The fourth-order valence-electron chi connectivity index (χ4n) is 5.00. The van der Waals surface area contributed by atoms with Crippen LogP contribution in [-0.2, 0) is 20.7 Å². The molecule has 1 aliphatic heterocycles. The summed E-state index contributed by atoms with van der Waals surface area (Å²) < 4.78 is 51.8. The van der Waals surface area contributed by atoms with Crippen molar-refractivity contribution in [1.82, 2.24) is 0 Å². The van der Waals surface area contributed by atoms with Gasteiger partial charge in [-0.1, -0.05) is 85.3 Å². The van der Waals surface area contributed by atoms with Gasteiger partial charge in [-0.2, -0.15) is 13.2 Å². The lowest BCUT2D eigenvalue weighted by molar-refractivity contribution is -0.171. The summed E-state index contributed by atoms with van der Waals surface area (Å²) in [5.41, 5.74) is 5.58. The lowest BCUT2D eigenvalue weighted by atomic mass is 9.88. The highest BCUT2D eigenvalue weighted by atomic mass is 19.4. The number of carbonyl (C=O) groups is 1.